The largest absolute Gasteiger partial charge is 0.468 e. The van der Waals surface area contributed by atoms with Crippen molar-refractivity contribution in [2.75, 3.05) is 20.1 Å². The Hall–Kier alpha value is -1.06. The van der Waals surface area contributed by atoms with Gasteiger partial charge in [-0.15, -0.1) is 6.58 Å². The summed E-state index contributed by atoms with van der Waals surface area (Å²) in [6, 6.07) is 2.11. The molecule has 1 heterocycles. The standard InChI is InChI=1S/C13H22N2O/c1-4-6-14-9-12-8-13(16-11-12)10-15(3)7-5-2/h5,8,11,14H,2,4,6-7,9-10H2,1,3H3. The van der Waals surface area contributed by atoms with Crippen LogP contribution in [0.3, 0.4) is 0 Å². The topological polar surface area (TPSA) is 28.4 Å². The summed E-state index contributed by atoms with van der Waals surface area (Å²) in [4.78, 5) is 2.16. The maximum atomic E-state index is 5.50. The van der Waals surface area contributed by atoms with Gasteiger partial charge in [0, 0.05) is 18.7 Å². The van der Waals surface area contributed by atoms with E-state index in [1.807, 2.05) is 12.3 Å². The Morgan fingerprint density at radius 1 is 1.56 bits per heavy atom. The molecule has 1 aromatic heterocycles. The first-order valence-electron chi connectivity index (χ1n) is 5.82. The summed E-state index contributed by atoms with van der Waals surface area (Å²) in [5.41, 5.74) is 1.22. The highest BCUT2D eigenvalue weighted by Crippen LogP contribution is 2.09. The van der Waals surface area contributed by atoms with E-state index >= 15 is 0 Å². The van der Waals surface area contributed by atoms with Crippen molar-refractivity contribution in [3.05, 3.63) is 36.3 Å². The molecule has 0 aromatic carbocycles. The van der Waals surface area contributed by atoms with E-state index in [-0.39, 0.29) is 0 Å². The molecule has 1 rings (SSSR count). The van der Waals surface area contributed by atoms with Crippen LogP contribution >= 0.6 is 0 Å². The number of hydrogen-bond donors (Lipinski definition) is 1. The molecule has 0 fully saturated rings. The minimum Gasteiger partial charge on any atom is -0.468 e. The summed E-state index contributed by atoms with van der Waals surface area (Å²) in [5, 5.41) is 3.35. The first-order chi connectivity index (χ1) is 7.76. The summed E-state index contributed by atoms with van der Waals surface area (Å²) in [5.74, 6) is 1.01. The van der Waals surface area contributed by atoms with Crippen LogP contribution in [0.2, 0.25) is 0 Å². The van der Waals surface area contributed by atoms with E-state index in [9.17, 15) is 0 Å². The number of likely N-dealkylation sites (N-methyl/N-ethyl adjacent to an activating group) is 1. The van der Waals surface area contributed by atoms with Gasteiger partial charge in [0.2, 0.25) is 0 Å². The molecular formula is C13H22N2O. The maximum Gasteiger partial charge on any atom is 0.118 e. The van der Waals surface area contributed by atoms with E-state index in [1.54, 1.807) is 0 Å². The molecule has 0 unspecified atom stereocenters. The lowest BCUT2D eigenvalue weighted by atomic mass is 10.3. The van der Waals surface area contributed by atoms with E-state index in [1.165, 1.54) is 5.56 Å². The number of nitrogens with one attached hydrogen (secondary N) is 1. The lowest BCUT2D eigenvalue weighted by Gasteiger charge is -2.11. The number of nitrogens with zero attached hydrogens (tertiary/aromatic N) is 1. The minimum absolute atomic E-state index is 0.833. The van der Waals surface area contributed by atoms with E-state index in [4.69, 9.17) is 4.42 Å². The van der Waals surface area contributed by atoms with Crippen LogP contribution < -0.4 is 5.32 Å². The molecule has 0 aliphatic rings. The first kappa shape index (κ1) is 13.0. The first-order valence-corrected chi connectivity index (χ1v) is 5.82. The zero-order chi connectivity index (χ0) is 11.8. The number of hydrogen-bond acceptors (Lipinski definition) is 3. The number of furan rings is 1. The molecule has 0 amide bonds. The predicted molar refractivity (Wildman–Crippen MR) is 67.2 cm³/mol. The van der Waals surface area contributed by atoms with Gasteiger partial charge in [-0.2, -0.15) is 0 Å². The third kappa shape index (κ3) is 4.64. The van der Waals surface area contributed by atoms with Gasteiger partial charge >= 0.3 is 0 Å². The van der Waals surface area contributed by atoms with E-state index < -0.39 is 0 Å². The quantitative estimate of drug-likeness (QED) is 0.541. The third-order valence-electron chi connectivity index (χ3n) is 2.33. The fourth-order valence-electron chi connectivity index (χ4n) is 1.56. The van der Waals surface area contributed by atoms with Crippen LogP contribution in [0.1, 0.15) is 24.7 Å². The number of rotatable bonds is 8. The molecule has 0 saturated heterocycles. The van der Waals surface area contributed by atoms with Gasteiger partial charge in [0.05, 0.1) is 12.8 Å². The van der Waals surface area contributed by atoms with Crippen molar-refractivity contribution >= 4 is 0 Å². The van der Waals surface area contributed by atoms with Gasteiger partial charge in [-0.1, -0.05) is 13.0 Å². The Morgan fingerprint density at radius 2 is 2.38 bits per heavy atom. The molecule has 0 aliphatic heterocycles. The van der Waals surface area contributed by atoms with Gasteiger partial charge in [-0.3, -0.25) is 4.90 Å². The van der Waals surface area contributed by atoms with E-state index in [0.717, 1.165) is 38.4 Å². The van der Waals surface area contributed by atoms with Crippen LogP contribution in [-0.4, -0.2) is 25.0 Å². The van der Waals surface area contributed by atoms with Crippen molar-refractivity contribution in [2.45, 2.75) is 26.4 Å². The van der Waals surface area contributed by atoms with Crippen molar-refractivity contribution in [3.8, 4) is 0 Å². The van der Waals surface area contributed by atoms with Gasteiger partial charge in [0.1, 0.15) is 5.76 Å². The fourth-order valence-corrected chi connectivity index (χ4v) is 1.56. The molecule has 0 aliphatic carbocycles. The second kappa shape index (κ2) is 7.25. The van der Waals surface area contributed by atoms with Crippen LogP contribution in [0.25, 0.3) is 0 Å². The van der Waals surface area contributed by atoms with Gasteiger partial charge in [0.15, 0.2) is 0 Å². The molecule has 0 saturated carbocycles. The van der Waals surface area contributed by atoms with Crippen LogP contribution in [-0.2, 0) is 13.1 Å². The molecule has 0 bridgehead atoms. The fraction of sp³-hybridized carbons (Fsp3) is 0.538. The Bertz CT molecular complexity index is 307. The third-order valence-corrected chi connectivity index (χ3v) is 2.33. The van der Waals surface area contributed by atoms with Crippen molar-refractivity contribution in [1.29, 1.82) is 0 Å². The molecular weight excluding hydrogens is 200 g/mol. The maximum absolute atomic E-state index is 5.50. The predicted octanol–water partition coefficient (Wildman–Crippen LogP) is 2.40. The SMILES string of the molecule is C=CCN(C)Cc1cc(CNCCC)co1. The molecule has 3 heteroatoms. The Balaban J connectivity index is 2.35. The van der Waals surface area contributed by atoms with Crippen LogP contribution in [0.4, 0.5) is 0 Å². The Morgan fingerprint density at radius 3 is 3.06 bits per heavy atom. The van der Waals surface area contributed by atoms with Gasteiger partial charge < -0.3 is 9.73 Å². The highest BCUT2D eigenvalue weighted by molar-refractivity contribution is 5.12. The summed E-state index contributed by atoms with van der Waals surface area (Å²) < 4.78 is 5.50. The molecule has 0 spiro atoms. The average Bonchev–Trinajstić information content (AvgIpc) is 2.66. The van der Waals surface area contributed by atoms with Crippen molar-refractivity contribution in [1.82, 2.24) is 10.2 Å². The Labute approximate surface area is 98.1 Å². The minimum atomic E-state index is 0.833. The summed E-state index contributed by atoms with van der Waals surface area (Å²) in [7, 11) is 2.05. The molecule has 90 valence electrons. The summed E-state index contributed by atoms with van der Waals surface area (Å²) in [6.45, 7) is 9.54. The van der Waals surface area contributed by atoms with Crippen molar-refractivity contribution < 1.29 is 4.42 Å². The smallest absolute Gasteiger partial charge is 0.118 e. The lowest BCUT2D eigenvalue weighted by molar-refractivity contribution is 0.322. The highest BCUT2D eigenvalue weighted by atomic mass is 16.3. The van der Waals surface area contributed by atoms with Crippen LogP contribution in [0.5, 0.6) is 0 Å². The molecule has 16 heavy (non-hydrogen) atoms. The van der Waals surface area contributed by atoms with Gasteiger partial charge in [0.25, 0.3) is 0 Å². The van der Waals surface area contributed by atoms with Gasteiger partial charge in [-0.25, -0.2) is 0 Å². The molecule has 1 aromatic rings. The molecule has 0 atom stereocenters. The highest BCUT2D eigenvalue weighted by Gasteiger charge is 2.04. The Kier molecular flexibility index (Phi) is 5.90. The second-order valence-corrected chi connectivity index (χ2v) is 4.08. The van der Waals surface area contributed by atoms with Crippen molar-refractivity contribution in [3.63, 3.8) is 0 Å². The zero-order valence-corrected chi connectivity index (χ0v) is 10.3. The monoisotopic (exact) mass is 222 g/mol. The lowest BCUT2D eigenvalue weighted by Crippen LogP contribution is -2.17. The van der Waals surface area contributed by atoms with Gasteiger partial charge in [-0.05, 0) is 26.1 Å². The van der Waals surface area contributed by atoms with Crippen LogP contribution in [0, 0.1) is 0 Å². The molecule has 0 radical (unpaired) electrons. The normalized spacial score (nSPS) is 10.9. The van der Waals surface area contributed by atoms with E-state index in [2.05, 4.69) is 36.8 Å². The summed E-state index contributed by atoms with van der Waals surface area (Å²) in [6.07, 6.45) is 4.89. The van der Waals surface area contributed by atoms with E-state index in [0.29, 0.717) is 0 Å². The molecule has 3 nitrogen and oxygen atoms in total. The van der Waals surface area contributed by atoms with Crippen LogP contribution in [0.15, 0.2) is 29.4 Å². The zero-order valence-electron chi connectivity index (χ0n) is 10.3. The molecule has 1 N–H and O–H groups in total. The second-order valence-electron chi connectivity index (χ2n) is 4.08. The van der Waals surface area contributed by atoms with Crippen molar-refractivity contribution in [2.24, 2.45) is 0 Å². The summed E-state index contributed by atoms with van der Waals surface area (Å²) >= 11 is 0. The average molecular weight is 222 g/mol.